The number of ether oxygens (including phenoxy) is 2. The number of nitrogens with zero attached hydrogens (tertiary/aromatic N) is 1. The zero-order valence-corrected chi connectivity index (χ0v) is 20.9. The van der Waals surface area contributed by atoms with Gasteiger partial charge in [0.2, 0.25) is 0 Å². The number of carboxylic acid groups (broad SMARTS) is 1. The summed E-state index contributed by atoms with van der Waals surface area (Å²) in [5.41, 5.74) is 0.512. The molecular formula is C24H19ClF2N2O7S. The summed E-state index contributed by atoms with van der Waals surface area (Å²) in [6.07, 6.45) is -1.16. The summed E-state index contributed by atoms with van der Waals surface area (Å²) in [7, 11) is -2.37. The Balaban J connectivity index is 1.79. The molecule has 13 heteroatoms. The highest BCUT2D eigenvalue weighted by Crippen LogP contribution is 2.38. The lowest BCUT2D eigenvalue weighted by Crippen LogP contribution is -2.22. The van der Waals surface area contributed by atoms with Crippen molar-refractivity contribution in [1.82, 2.24) is 4.90 Å². The van der Waals surface area contributed by atoms with E-state index in [-0.39, 0.29) is 40.6 Å². The summed E-state index contributed by atoms with van der Waals surface area (Å²) < 4.78 is 67.9. The van der Waals surface area contributed by atoms with Crippen LogP contribution in [0.1, 0.15) is 21.5 Å². The molecule has 3 aromatic rings. The fraction of sp³-hybridized carbons (Fsp3) is 0.167. The topological polar surface area (TPSA) is 122 Å². The van der Waals surface area contributed by atoms with Crippen molar-refractivity contribution in [3.8, 4) is 16.9 Å². The van der Waals surface area contributed by atoms with Gasteiger partial charge in [0, 0.05) is 18.2 Å². The lowest BCUT2D eigenvalue weighted by atomic mass is 9.96. The molecule has 9 nitrogen and oxygen atoms in total. The van der Waals surface area contributed by atoms with Gasteiger partial charge in [0.15, 0.2) is 5.75 Å². The molecule has 1 amide bonds. The normalized spacial score (nSPS) is 12.7. The molecule has 1 aliphatic heterocycles. The third kappa shape index (κ3) is 4.89. The van der Waals surface area contributed by atoms with Crippen LogP contribution < -0.4 is 9.46 Å². The lowest BCUT2D eigenvalue weighted by molar-refractivity contribution is 0.0600. The van der Waals surface area contributed by atoms with Crippen LogP contribution in [0.4, 0.5) is 19.3 Å². The quantitative estimate of drug-likeness (QED) is 0.418. The van der Waals surface area contributed by atoms with E-state index < -0.39 is 44.3 Å². The van der Waals surface area contributed by atoms with Gasteiger partial charge in [0.25, 0.3) is 10.0 Å². The lowest BCUT2D eigenvalue weighted by Gasteiger charge is -2.16. The average molecular weight is 553 g/mol. The van der Waals surface area contributed by atoms with Gasteiger partial charge < -0.3 is 14.6 Å². The number of esters is 1. The molecule has 0 saturated heterocycles. The summed E-state index contributed by atoms with van der Waals surface area (Å²) in [6, 6.07) is 8.41. The molecule has 0 atom stereocenters. The minimum atomic E-state index is -4.62. The third-order valence-corrected chi connectivity index (χ3v) is 7.42. The molecule has 0 bridgehead atoms. The maximum absolute atomic E-state index is 14.9. The Morgan fingerprint density at radius 3 is 2.43 bits per heavy atom. The predicted octanol–water partition coefficient (Wildman–Crippen LogP) is 4.87. The van der Waals surface area contributed by atoms with Gasteiger partial charge in [-0.2, -0.15) is 0 Å². The monoisotopic (exact) mass is 552 g/mol. The highest BCUT2D eigenvalue weighted by molar-refractivity contribution is 7.92. The number of carbonyl (C=O) groups is 2. The van der Waals surface area contributed by atoms with E-state index >= 15 is 0 Å². The van der Waals surface area contributed by atoms with Crippen LogP contribution in [0.5, 0.6) is 5.75 Å². The Kier molecular flexibility index (Phi) is 6.98. The van der Waals surface area contributed by atoms with Crippen molar-refractivity contribution in [2.24, 2.45) is 0 Å². The van der Waals surface area contributed by atoms with Gasteiger partial charge >= 0.3 is 12.1 Å². The summed E-state index contributed by atoms with van der Waals surface area (Å²) in [5.74, 6) is -3.36. The van der Waals surface area contributed by atoms with Crippen molar-refractivity contribution in [2.45, 2.75) is 18.0 Å². The fourth-order valence-corrected chi connectivity index (χ4v) is 5.67. The van der Waals surface area contributed by atoms with Crippen LogP contribution in [0, 0.1) is 11.6 Å². The van der Waals surface area contributed by atoms with Gasteiger partial charge in [0.05, 0.1) is 37.0 Å². The number of amides is 1. The average Bonchev–Trinajstić information content (AvgIpc) is 3.30. The fourth-order valence-electron chi connectivity index (χ4n) is 4.04. The van der Waals surface area contributed by atoms with E-state index in [9.17, 15) is 31.9 Å². The van der Waals surface area contributed by atoms with Crippen molar-refractivity contribution < 1.29 is 41.4 Å². The maximum Gasteiger partial charge on any atom is 0.407 e. The van der Waals surface area contributed by atoms with Gasteiger partial charge in [-0.05, 0) is 34.9 Å². The molecular weight excluding hydrogens is 534 g/mol. The summed E-state index contributed by atoms with van der Waals surface area (Å²) in [6.45, 7) is 0.0760. The molecule has 194 valence electrons. The number of rotatable bonds is 6. The number of benzene rings is 3. The number of nitrogens with one attached hydrogen (secondary N) is 1. The van der Waals surface area contributed by atoms with E-state index in [1.165, 1.54) is 6.07 Å². The van der Waals surface area contributed by atoms with E-state index in [1.807, 2.05) is 0 Å². The summed E-state index contributed by atoms with van der Waals surface area (Å²) >= 11 is 6.10. The van der Waals surface area contributed by atoms with Crippen LogP contribution in [-0.2, 0) is 27.8 Å². The van der Waals surface area contributed by atoms with Crippen molar-refractivity contribution in [1.29, 1.82) is 0 Å². The minimum Gasteiger partial charge on any atom is -0.494 e. The van der Waals surface area contributed by atoms with Crippen molar-refractivity contribution in [3.05, 3.63) is 75.8 Å². The first-order valence-electron chi connectivity index (χ1n) is 10.5. The molecule has 2 N–H and O–H groups in total. The third-order valence-electron chi connectivity index (χ3n) is 5.77. The van der Waals surface area contributed by atoms with Crippen LogP contribution >= 0.6 is 11.6 Å². The molecule has 4 rings (SSSR count). The first kappa shape index (κ1) is 26.2. The molecule has 1 heterocycles. The van der Waals surface area contributed by atoms with Crippen molar-refractivity contribution in [3.63, 3.8) is 0 Å². The molecule has 0 fully saturated rings. The van der Waals surface area contributed by atoms with Crippen LogP contribution in [0.2, 0.25) is 5.02 Å². The number of hydrogen-bond donors (Lipinski definition) is 2. The predicted molar refractivity (Wildman–Crippen MR) is 129 cm³/mol. The Bertz CT molecular complexity index is 1550. The first-order valence-corrected chi connectivity index (χ1v) is 12.4. The molecule has 37 heavy (non-hydrogen) atoms. The first-order chi connectivity index (χ1) is 17.5. The number of carbonyl (C=O) groups excluding carboxylic acids is 1. The van der Waals surface area contributed by atoms with E-state index in [2.05, 4.69) is 9.46 Å². The van der Waals surface area contributed by atoms with Crippen LogP contribution in [0.3, 0.4) is 0 Å². The second-order valence-corrected chi connectivity index (χ2v) is 10.0. The summed E-state index contributed by atoms with van der Waals surface area (Å²) in [4.78, 5) is 23.9. The minimum absolute atomic E-state index is 0.0191. The molecule has 1 aliphatic rings. The highest BCUT2D eigenvalue weighted by Gasteiger charge is 2.29. The second kappa shape index (κ2) is 9.87. The Morgan fingerprint density at radius 1 is 1.05 bits per heavy atom. The second-order valence-electron chi connectivity index (χ2n) is 7.98. The van der Waals surface area contributed by atoms with E-state index in [1.54, 1.807) is 12.1 Å². The van der Waals surface area contributed by atoms with Gasteiger partial charge in [-0.3, -0.25) is 9.62 Å². The zero-order valence-electron chi connectivity index (χ0n) is 19.3. The Labute approximate surface area is 215 Å². The number of methoxy groups -OCH3 is 2. The van der Waals surface area contributed by atoms with Crippen LogP contribution in [-0.4, -0.2) is 44.7 Å². The maximum atomic E-state index is 14.9. The van der Waals surface area contributed by atoms with Gasteiger partial charge in [0.1, 0.15) is 16.5 Å². The zero-order chi connectivity index (χ0) is 27.1. The van der Waals surface area contributed by atoms with Crippen molar-refractivity contribution >= 4 is 39.4 Å². The molecule has 0 radical (unpaired) electrons. The Hall–Kier alpha value is -3.90. The Morgan fingerprint density at radius 2 is 1.78 bits per heavy atom. The molecule has 0 aromatic heterocycles. The van der Waals surface area contributed by atoms with Gasteiger partial charge in [-0.1, -0.05) is 29.8 Å². The molecule has 0 aliphatic carbocycles. The van der Waals surface area contributed by atoms with Crippen molar-refractivity contribution in [2.75, 3.05) is 18.9 Å². The standard InChI is InChI=1S/C24H19ClF2N2O7S/c1-35-22-17(25)6-13(23(30)36-2)7-21(22)37(33,34)28-20-8-15(18(26)9-19(20)27)14-5-3-4-12-10-29(24(31)32)11-16(12)14/h3-9,28H,10-11H2,1-2H3,(H,31,32). The molecule has 0 saturated carbocycles. The van der Waals surface area contributed by atoms with E-state index in [0.717, 1.165) is 37.3 Å². The van der Waals surface area contributed by atoms with Crippen LogP contribution in [0.15, 0.2) is 47.4 Å². The van der Waals surface area contributed by atoms with Gasteiger partial charge in [-0.25, -0.2) is 26.8 Å². The molecule has 3 aromatic carbocycles. The SMILES string of the molecule is COC(=O)c1cc(Cl)c(OC)c(S(=O)(=O)Nc2cc(-c3cccc4c3CN(C(=O)O)C4)c(F)cc2F)c1. The number of halogens is 3. The number of sulfonamides is 1. The number of anilines is 1. The number of hydrogen-bond acceptors (Lipinski definition) is 6. The van der Waals surface area contributed by atoms with E-state index in [4.69, 9.17) is 16.3 Å². The van der Waals surface area contributed by atoms with Crippen LogP contribution in [0.25, 0.3) is 11.1 Å². The largest absolute Gasteiger partial charge is 0.494 e. The molecule has 0 unspecified atom stereocenters. The van der Waals surface area contributed by atoms with Gasteiger partial charge in [-0.15, -0.1) is 0 Å². The summed E-state index contributed by atoms with van der Waals surface area (Å²) in [5, 5.41) is 9.11. The van der Waals surface area contributed by atoms with E-state index in [0.29, 0.717) is 17.2 Å². The molecule has 0 spiro atoms. The smallest absolute Gasteiger partial charge is 0.407 e. The number of fused-ring (bicyclic) bond motifs is 1. The highest BCUT2D eigenvalue weighted by atomic mass is 35.5.